The first-order valence-electron chi connectivity index (χ1n) is 16.2. The minimum Gasteiger partial charge on any atom is -0.377 e. The van der Waals surface area contributed by atoms with Gasteiger partial charge >= 0.3 is 6.03 Å². The van der Waals surface area contributed by atoms with Gasteiger partial charge in [0.15, 0.2) is 0 Å². The van der Waals surface area contributed by atoms with Gasteiger partial charge in [-0.05, 0) is 49.4 Å². The molecule has 1 aliphatic rings. The fourth-order valence-electron chi connectivity index (χ4n) is 5.36. The summed E-state index contributed by atoms with van der Waals surface area (Å²) in [5.74, 6) is -2.61. The maximum atomic E-state index is 13.6. The molecular weight excluding hydrogens is 580 g/mol. The first-order valence-corrected chi connectivity index (χ1v) is 16.2. The molecule has 4 N–H and O–H groups in total. The summed E-state index contributed by atoms with van der Waals surface area (Å²) < 4.78 is 5.78. The average molecular weight is 639 g/mol. The predicted molar refractivity (Wildman–Crippen MR) is 172 cm³/mol. The van der Waals surface area contributed by atoms with Crippen LogP contribution in [0.25, 0.3) is 0 Å². The molecule has 0 aromatic rings. The van der Waals surface area contributed by atoms with E-state index >= 15 is 0 Å². The van der Waals surface area contributed by atoms with Crippen molar-refractivity contribution in [2.75, 3.05) is 34.3 Å². The molecule has 0 aromatic carbocycles. The smallest absolute Gasteiger partial charge is 0.324 e. The lowest BCUT2D eigenvalue weighted by Gasteiger charge is -2.34. The van der Waals surface area contributed by atoms with Gasteiger partial charge in [0, 0.05) is 27.7 Å². The summed E-state index contributed by atoms with van der Waals surface area (Å²) in [6.07, 6.45) is 3.38. The molecule has 7 amide bonds. The lowest BCUT2D eigenvalue weighted by atomic mass is 9.97. The summed E-state index contributed by atoms with van der Waals surface area (Å²) >= 11 is 0. The Labute approximate surface area is 269 Å². The van der Waals surface area contributed by atoms with Crippen LogP contribution in [0.15, 0.2) is 0 Å². The molecule has 0 spiro atoms. The third kappa shape index (κ3) is 13.0. The second kappa shape index (κ2) is 18.7. The number of primary amides is 1. The van der Waals surface area contributed by atoms with Crippen LogP contribution >= 0.6 is 0 Å². The fourth-order valence-corrected chi connectivity index (χ4v) is 5.36. The predicted octanol–water partition coefficient (Wildman–Crippen LogP) is 2.12. The molecule has 1 fully saturated rings. The van der Waals surface area contributed by atoms with E-state index in [2.05, 4.69) is 10.6 Å². The molecule has 1 rings (SSSR count). The van der Waals surface area contributed by atoms with Gasteiger partial charge in [0.1, 0.15) is 24.7 Å². The van der Waals surface area contributed by atoms with E-state index in [1.54, 1.807) is 13.8 Å². The van der Waals surface area contributed by atoms with Gasteiger partial charge in [-0.2, -0.15) is 0 Å². The molecule has 1 heterocycles. The van der Waals surface area contributed by atoms with Crippen LogP contribution < -0.4 is 16.4 Å². The van der Waals surface area contributed by atoms with Crippen molar-refractivity contribution in [1.82, 2.24) is 25.3 Å². The van der Waals surface area contributed by atoms with Crippen molar-refractivity contribution in [3.8, 4) is 0 Å². The van der Waals surface area contributed by atoms with Crippen LogP contribution in [-0.2, 0) is 28.7 Å². The first kappa shape index (κ1) is 39.8. The zero-order valence-electron chi connectivity index (χ0n) is 29.1. The number of nitrogens with two attached hydrogens (primary N) is 1. The minimum atomic E-state index is -0.964. The molecule has 0 aliphatic carbocycles. The quantitative estimate of drug-likeness (QED) is 0.247. The summed E-state index contributed by atoms with van der Waals surface area (Å²) in [6, 6.07) is -3.46. The first-order chi connectivity index (χ1) is 20.9. The molecule has 0 bridgehead atoms. The number of hydrogen-bond donors (Lipinski definition) is 3. The third-order valence-corrected chi connectivity index (χ3v) is 8.30. The van der Waals surface area contributed by atoms with Gasteiger partial charge in [-0.25, -0.2) is 4.79 Å². The Morgan fingerprint density at radius 2 is 1.44 bits per heavy atom. The molecular formula is C32H58N6O7. The lowest BCUT2D eigenvalue weighted by Crippen LogP contribution is -2.59. The van der Waals surface area contributed by atoms with E-state index in [0.29, 0.717) is 19.4 Å². The highest BCUT2D eigenvalue weighted by Gasteiger charge is 2.36. The Morgan fingerprint density at radius 3 is 1.98 bits per heavy atom. The van der Waals surface area contributed by atoms with Crippen molar-refractivity contribution in [2.24, 2.45) is 29.4 Å². The topological polar surface area (TPSA) is 171 Å². The van der Waals surface area contributed by atoms with Crippen LogP contribution in [0.3, 0.4) is 0 Å². The minimum absolute atomic E-state index is 0.0180. The van der Waals surface area contributed by atoms with Crippen molar-refractivity contribution in [3.05, 3.63) is 0 Å². The maximum Gasteiger partial charge on any atom is 0.324 e. The summed E-state index contributed by atoms with van der Waals surface area (Å²) in [5, 5.41) is 5.14. The number of rotatable bonds is 15. The zero-order chi connectivity index (χ0) is 34.6. The van der Waals surface area contributed by atoms with Gasteiger partial charge in [0.25, 0.3) is 0 Å². The highest BCUT2D eigenvalue weighted by Crippen LogP contribution is 2.22. The second-order valence-corrected chi connectivity index (χ2v) is 13.7. The Bertz CT molecular complexity index is 1030. The van der Waals surface area contributed by atoms with Crippen LogP contribution in [0.1, 0.15) is 87.0 Å². The van der Waals surface area contributed by atoms with E-state index in [-0.39, 0.29) is 42.7 Å². The van der Waals surface area contributed by atoms with Crippen molar-refractivity contribution in [1.29, 1.82) is 0 Å². The molecule has 0 unspecified atom stereocenters. The number of carbonyl (C=O) groups is 6. The Hall–Kier alpha value is -3.22. The van der Waals surface area contributed by atoms with Gasteiger partial charge in [-0.3, -0.25) is 29.3 Å². The van der Waals surface area contributed by atoms with Gasteiger partial charge < -0.3 is 30.5 Å². The number of carbonyl (C=O) groups excluding carboxylic acids is 6. The number of nitrogens with one attached hydrogen (secondary N) is 2. The Kier molecular flexibility index (Phi) is 16.5. The van der Waals surface area contributed by atoms with Crippen LogP contribution in [0.4, 0.5) is 4.79 Å². The highest BCUT2D eigenvalue weighted by molar-refractivity contribution is 5.97. The largest absolute Gasteiger partial charge is 0.377 e. The molecule has 1 aliphatic heterocycles. The van der Waals surface area contributed by atoms with Crippen molar-refractivity contribution < 1.29 is 33.5 Å². The zero-order valence-corrected chi connectivity index (χ0v) is 29.1. The van der Waals surface area contributed by atoms with Crippen molar-refractivity contribution >= 4 is 35.6 Å². The van der Waals surface area contributed by atoms with Crippen LogP contribution in [0.2, 0.25) is 0 Å². The highest BCUT2D eigenvalue weighted by atomic mass is 16.5. The number of ether oxygens (including phenoxy) is 1. The molecule has 258 valence electrons. The number of nitrogens with zero attached hydrogens (tertiary/aromatic N) is 3. The van der Waals surface area contributed by atoms with Gasteiger partial charge in [0.2, 0.25) is 29.5 Å². The standard InChI is InChI=1S/C32H58N6O7/c1-19(2)15-23(29(33)41)38(10)31(43)28(21(5)6)35-30(42)24(16-20(3)4)37(9)27(40)18-36(8)32(44)34-26(39)17-25-22(7)13-11-12-14-45-25/h19-25,28H,11-18H2,1-10H3,(H2,33,41)(H,35,42)(H,34,39,44)/t22-,23+,24+,25+,28+/m1/s1. The molecule has 0 saturated carbocycles. The van der Waals surface area contributed by atoms with E-state index < -0.39 is 53.7 Å². The van der Waals surface area contributed by atoms with E-state index in [4.69, 9.17) is 10.5 Å². The third-order valence-electron chi connectivity index (χ3n) is 8.30. The normalized spacial score (nSPS) is 18.9. The van der Waals surface area contributed by atoms with Crippen molar-refractivity contribution in [3.63, 3.8) is 0 Å². The monoisotopic (exact) mass is 638 g/mol. The second-order valence-electron chi connectivity index (χ2n) is 13.7. The molecule has 13 nitrogen and oxygen atoms in total. The van der Waals surface area contributed by atoms with E-state index in [1.807, 2.05) is 34.6 Å². The van der Waals surface area contributed by atoms with Gasteiger partial charge in [-0.1, -0.05) is 54.9 Å². The summed E-state index contributed by atoms with van der Waals surface area (Å²) in [7, 11) is 4.37. The number of likely N-dealkylation sites (N-methyl/N-ethyl adjacent to an activating group) is 3. The molecule has 0 aromatic heterocycles. The van der Waals surface area contributed by atoms with Crippen LogP contribution in [0.5, 0.6) is 0 Å². The summed E-state index contributed by atoms with van der Waals surface area (Å²) in [5.41, 5.74) is 5.60. The van der Waals surface area contributed by atoms with Crippen molar-refractivity contribution in [2.45, 2.75) is 111 Å². The average Bonchev–Trinajstić information content (AvgIpc) is 3.14. The lowest BCUT2D eigenvalue weighted by molar-refractivity contribution is -0.145. The molecule has 45 heavy (non-hydrogen) atoms. The molecule has 13 heteroatoms. The fraction of sp³-hybridized carbons (Fsp3) is 0.812. The van der Waals surface area contributed by atoms with E-state index in [9.17, 15) is 28.8 Å². The SMILES string of the molecule is CC(C)C[C@@H](C(=O)N[C@H](C(=O)N(C)[C@@H](CC(C)C)C(N)=O)C(C)C)N(C)C(=O)CN(C)C(=O)NC(=O)C[C@@H]1OCCCC[C@H]1C. The summed E-state index contributed by atoms with van der Waals surface area (Å²) in [4.78, 5) is 81.5. The number of hydrogen-bond acceptors (Lipinski definition) is 7. The Morgan fingerprint density at radius 1 is 0.867 bits per heavy atom. The van der Waals surface area contributed by atoms with Gasteiger partial charge in [0.05, 0.1) is 12.5 Å². The van der Waals surface area contributed by atoms with E-state index in [1.165, 1.54) is 30.9 Å². The number of amides is 7. The number of imide groups is 1. The summed E-state index contributed by atoms with van der Waals surface area (Å²) in [6.45, 7) is 13.5. The van der Waals surface area contributed by atoms with E-state index in [0.717, 1.165) is 24.2 Å². The number of urea groups is 1. The molecule has 5 atom stereocenters. The van der Waals surface area contributed by atoms with Gasteiger partial charge in [-0.15, -0.1) is 0 Å². The maximum absolute atomic E-state index is 13.6. The molecule has 0 radical (unpaired) electrons. The Balaban J connectivity index is 2.96. The molecule has 1 saturated heterocycles. The van der Waals surface area contributed by atoms with Crippen LogP contribution in [-0.4, -0.2) is 109 Å². The van der Waals surface area contributed by atoms with Crippen LogP contribution in [0, 0.1) is 23.7 Å².